The molecule has 3 N–H and O–H groups in total. The summed E-state index contributed by atoms with van der Waals surface area (Å²) in [6, 6.07) is 3.87. The zero-order chi connectivity index (χ0) is 15.8. The average molecular weight is 295 g/mol. The van der Waals surface area contributed by atoms with E-state index in [1.165, 1.54) is 18.2 Å². The van der Waals surface area contributed by atoms with Crippen molar-refractivity contribution in [3.05, 3.63) is 33.9 Å². The van der Waals surface area contributed by atoms with Gasteiger partial charge in [0.1, 0.15) is 0 Å². The smallest absolute Gasteiger partial charge is 0.319 e. The Balaban J connectivity index is 2.39. The quantitative estimate of drug-likeness (QED) is 0.404. The Labute approximate surface area is 121 Å². The van der Waals surface area contributed by atoms with Crippen LogP contribution in [0.25, 0.3) is 0 Å². The number of benzene rings is 1. The van der Waals surface area contributed by atoms with E-state index in [0.717, 1.165) is 0 Å². The number of nitrogens with zero attached hydrogens (tertiary/aromatic N) is 1. The molecule has 114 valence electrons. The molecule has 0 bridgehead atoms. The number of carbonyl (C=O) groups excluding carboxylic acids is 1. The van der Waals surface area contributed by atoms with E-state index in [-0.39, 0.29) is 12.1 Å². The maximum absolute atomic E-state index is 11.6. The summed E-state index contributed by atoms with van der Waals surface area (Å²) in [6.45, 7) is 1.96. The molecule has 0 aliphatic heterocycles. The second-order valence-electron chi connectivity index (χ2n) is 4.49. The molecule has 0 saturated carbocycles. The number of rotatable bonds is 7. The minimum Gasteiger partial charge on any atom is -0.481 e. The summed E-state index contributed by atoms with van der Waals surface area (Å²) in [7, 11) is 0. The molecule has 0 fully saturated rings. The van der Waals surface area contributed by atoms with E-state index in [9.17, 15) is 19.7 Å². The third-order valence-corrected chi connectivity index (χ3v) is 2.75. The molecular formula is C13H17N3O5. The summed E-state index contributed by atoms with van der Waals surface area (Å²) in [4.78, 5) is 32.1. The van der Waals surface area contributed by atoms with Crippen LogP contribution in [-0.4, -0.2) is 28.6 Å². The van der Waals surface area contributed by atoms with Gasteiger partial charge in [0.2, 0.25) is 0 Å². The average Bonchev–Trinajstić information content (AvgIpc) is 2.37. The number of amides is 2. The van der Waals surface area contributed by atoms with Crippen LogP contribution in [0.2, 0.25) is 0 Å². The van der Waals surface area contributed by atoms with E-state index < -0.39 is 16.9 Å². The maximum atomic E-state index is 11.6. The molecule has 0 saturated heterocycles. The van der Waals surface area contributed by atoms with Gasteiger partial charge in [-0.3, -0.25) is 14.9 Å². The van der Waals surface area contributed by atoms with Gasteiger partial charge in [-0.2, -0.15) is 0 Å². The van der Waals surface area contributed by atoms with Gasteiger partial charge in [-0.25, -0.2) is 4.79 Å². The molecule has 0 unspecified atom stereocenters. The van der Waals surface area contributed by atoms with Crippen molar-refractivity contribution in [1.29, 1.82) is 0 Å². The van der Waals surface area contributed by atoms with Crippen molar-refractivity contribution < 1.29 is 19.6 Å². The van der Waals surface area contributed by atoms with E-state index >= 15 is 0 Å². The van der Waals surface area contributed by atoms with E-state index in [1.807, 2.05) is 0 Å². The number of carbonyl (C=O) groups is 2. The van der Waals surface area contributed by atoms with Crippen molar-refractivity contribution in [2.45, 2.75) is 26.2 Å². The second-order valence-corrected chi connectivity index (χ2v) is 4.49. The predicted octanol–water partition coefficient (Wildman–Crippen LogP) is 2.28. The van der Waals surface area contributed by atoms with Gasteiger partial charge >= 0.3 is 12.0 Å². The van der Waals surface area contributed by atoms with Crippen molar-refractivity contribution in [3.8, 4) is 0 Å². The molecule has 1 rings (SSSR count). The molecule has 0 atom stereocenters. The van der Waals surface area contributed by atoms with Crippen molar-refractivity contribution in [1.82, 2.24) is 5.32 Å². The summed E-state index contributed by atoms with van der Waals surface area (Å²) in [5, 5.41) is 24.3. The van der Waals surface area contributed by atoms with Crippen LogP contribution in [0.15, 0.2) is 18.2 Å². The Kier molecular flexibility index (Phi) is 6.12. The molecule has 0 heterocycles. The molecule has 21 heavy (non-hydrogen) atoms. The van der Waals surface area contributed by atoms with Gasteiger partial charge in [0.25, 0.3) is 5.69 Å². The lowest BCUT2D eigenvalue weighted by atomic mass is 10.2. The van der Waals surface area contributed by atoms with Crippen LogP contribution >= 0.6 is 0 Å². The summed E-state index contributed by atoms with van der Waals surface area (Å²) < 4.78 is 0. The molecule has 0 aliphatic carbocycles. The summed E-state index contributed by atoms with van der Waals surface area (Å²) in [5.74, 6) is -0.860. The molecule has 8 nitrogen and oxygen atoms in total. The van der Waals surface area contributed by atoms with Crippen LogP contribution < -0.4 is 10.6 Å². The number of hydrogen-bond donors (Lipinski definition) is 3. The molecular weight excluding hydrogens is 278 g/mol. The van der Waals surface area contributed by atoms with E-state index in [2.05, 4.69) is 10.6 Å². The first-order chi connectivity index (χ1) is 9.90. The lowest BCUT2D eigenvalue weighted by molar-refractivity contribution is -0.385. The third kappa shape index (κ3) is 5.89. The first-order valence-electron chi connectivity index (χ1n) is 6.42. The molecule has 2 amide bonds. The number of anilines is 1. The minimum absolute atomic E-state index is 0.00497. The number of unbranched alkanes of at least 4 members (excludes halogenated alkanes) is 1. The van der Waals surface area contributed by atoms with Gasteiger partial charge in [-0.05, 0) is 31.9 Å². The Hall–Kier alpha value is -2.64. The number of nitro groups is 1. The van der Waals surface area contributed by atoms with Crippen molar-refractivity contribution in [2.75, 3.05) is 11.9 Å². The highest BCUT2D eigenvalue weighted by atomic mass is 16.6. The van der Waals surface area contributed by atoms with Crippen LogP contribution in [0, 0.1) is 17.0 Å². The van der Waals surface area contributed by atoms with Crippen molar-refractivity contribution in [3.63, 3.8) is 0 Å². The fourth-order valence-electron chi connectivity index (χ4n) is 1.72. The van der Waals surface area contributed by atoms with Gasteiger partial charge in [-0.15, -0.1) is 0 Å². The van der Waals surface area contributed by atoms with Gasteiger partial charge in [0, 0.05) is 30.3 Å². The van der Waals surface area contributed by atoms with Crippen molar-refractivity contribution in [2.24, 2.45) is 0 Å². The lowest BCUT2D eigenvalue weighted by Gasteiger charge is -2.08. The summed E-state index contributed by atoms with van der Waals surface area (Å²) in [6.07, 6.45) is 1.14. The fourth-order valence-corrected chi connectivity index (χ4v) is 1.72. The number of carboxylic acid groups (broad SMARTS) is 1. The number of aliphatic carboxylic acids is 1. The molecule has 1 aromatic carbocycles. The Bertz CT molecular complexity index is 545. The van der Waals surface area contributed by atoms with Gasteiger partial charge < -0.3 is 15.7 Å². The highest BCUT2D eigenvalue weighted by molar-refractivity contribution is 5.89. The summed E-state index contributed by atoms with van der Waals surface area (Å²) >= 11 is 0. The van der Waals surface area contributed by atoms with Crippen LogP contribution in [0.1, 0.15) is 24.8 Å². The fraction of sp³-hybridized carbons (Fsp3) is 0.385. The zero-order valence-electron chi connectivity index (χ0n) is 11.6. The highest BCUT2D eigenvalue weighted by Gasteiger charge is 2.11. The number of hydrogen-bond acceptors (Lipinski definition) is 4. The van der Waals surface area contributed by atoms with E-state index in [1.54, 1.807) is 6.92 Å². The van der Waals surface area contributed by atoms with Crippen LogP contribution in [0.3, 0.4) is 0 Å². The lowest BCUT2D eigenvalue weighted by Crippen LogP contribution is -2.29. The molecule has 0 aliphatic rings. The van der Waals surface area contributed by atoms with Crippen LogP contribution in [-0.2, 0) is 4.79 Å². The normalized spacial score (nSPS) is 9.95. The topological polar surface area (TPSA) is 122 Å². The second kappa shape index (κ2) is 7.83. The SMILES string of the molecule is Cc1cc(NC(=O)NCCCCC(=O)O)ccc1[N+](=O)[O-]. The highest BCUT2D eigenvalue weighted by Crippen LogP contribution is 2.21. The van der Waals surface area contributed by atoms with Crippen molar-refractivity contribution >= 4 is 23.4 Å². The van der Waals surface area contributed by atoms with Crippen LogP contribution in [0.5, 0.6) is 0 Å². The van der Waals surface area contributed by atoms with Gasteiger partial charge in [0.15, 0.2) is 0 Å². The number of aryl methyl sites for hydroxylation is 1. The van der Waals surface area contributed by atoms with Gasteiger partial charge in [0.05, 0.1) is 4.92 Å². The van der Waals surface area contributed by atoms with E-state index in [4.69, 9.17) is 5.11 Å². The molecule has 8 heteroatoms. The van der Waals surface area contributed by atoms with E-state index in [0.29, 0.717) is 30.6 Å². The first kappa shape index (κ1) is 16.4. The number of nitro benzene ring substituents is 1. The zero-order valence-corrected chi connectivity index (χ0v) is 11.6. The minimum atomic E-state index is -0.860. The molecule has 0 radical (unpaired) electrons. The predicted molar refractivity (Wildman–Crippen MR) is 76.3 cm³/mol. The number of carboxylic acids is 1. The largest absolute Gasteiger partial charge is 0.481 e. The Morgan fingerprint density at radius 3 is 2.62 bits per heavy atom. The monoisotopic (exact) mass is 295 g/mol. The third-order valence-electron chi connectivity index (χ3n) is 2.75. The number of nitrogens with one attached hydrogen (secondary N) is 2. The first-order valence-corrected chi connectivity index (χ1v) is 6.42. The standard InChI is InChI=1S/C13H17N3O5/c1-9-8-10(5-6-11(9)16(20)21)15-13(19)14-7-3-2-4-12(17)18/h5-6,8H,2-4,7H2,1H3,(H,17,18)(H2,14,15,19). The molecule has 0 spiro atoms. The summed E-state index contributed by atoms with van der Waals surface area (Å²) in [5.41, 5.74) is 0.912. The van der Waals surface area contributed by atoms with Gasteiger partial charge in [-0.1, -0.05) is 0 Å². The molecule has 1 aromatic rings. The van der Waals surface area contributed by atoms with Crippen LogP contribution in [0.4, 0.5) is 16.2 Å². The molecule has 0 aromatic heterocycles. The Morgan fingerprint density at radius 2 is 2.05 bits per heavy atom. The number of urea groups is 1. The Morgan fingerprint density at radius 1 is 1.33 bits per heavy atom. The maximum Gasteiger partial charge on any atom is 0.319 e.